The number of hydrogen-bond donors (Lipinski definition) is 0. The van der Waals surface area contributed by atoms with Crippen molar-refractivity contribution in [3.63, 3.8) is 0 Å². The summed E-state index contributed by atoms with van der Waals surface area (Å²) in [7, 11) is 2.99. The minimum atomic E-state index is -0.421. The number of carbonyl (C=O) groups is 2. The second-order valence-electron chi connectivity index (χ2n) is 3.85. The van der Waals surface area contributed by atoms with Gasteiger partial charge in [0.15, 0.2) is 0 Å². The number of amides is 1. The third-order valence-electron chi connectivity index (χ3n) is 2.74. The van der Waals surface area contributed by atoms with Crippen molar-refractivity contribution in [2.24, 2.45) is 0 Å². The highest BCUT2D eigenvalue weighted by molar-refractivity contribution is 7.23. The van der Waals surface area contributed by atoms with Crippen molar-refractivity contribution in [3.8, 4) is 0 Å². The molecular formula is C13H13NO3S. The Morgan fingerprint density at radius 1 is 1.28 bits per heavy atom. The van der Waals surface area contributed by atoms with Crippen LogP contribution in [0.3, 0.4) is 0 Å². The monoisotopic (exact) mass is 263 g/mol. The van der Waals surface area contributed by atoms with E-state index < -0.39 is 5.97 Å². The summed E-state index contributed by atoms with van der Waals surface area (Å²) < 4.78 is 5.76. The summed E-state index contributed by atoms with van der Waals surface area (Å²) in [5.74, 6) is -0.540. The summed E-state index contributed by atoms with van der Waals surface area (Å²) >= 11 is 1.41. The maximum atomic E-state index is 11.9. The van der Waals surface area contributed by atoms with Crippen molar-refractivity contribution in [1.29, 1.82) is 0 Å². The van der Waals surface area contributed by atoms with E-state index in [0.717, 1.165) is 10.1 Å². The van der Waals surface area contributed by atoms with E-state index in [9.17, 15) is 9.59 Å². The fraction of sp³-hybridized carbons (Fsp3) is 0.231. The molecule has 0 saturated heterocycles. The highest BCUT2D eigenvalue weighted by atomic mass is 32.1. The minimum absolute atomic E-state index is 0.119. The van der Waals surface area contributed by atoms with Gasteiger partial charge in [-0.05, 0) is 6.07 Å². The molecule has 2 rings (SSSR count). The molecule has 0 radical (unpaired) electrons. The molecule has 4 nitrogen and oxygen atoms in total. The Kier molecular flexibility index (Phi) is 3.34. The molecule has 0 fully saturated rings. The number of thiophene rings is 1. The lowest BCUT2D eigenvalue weighted by molar-refractivity contribution is -0.116. The van der Waals surface area contributed by atoms with E-state index in [1.54, 1.807) is 7.05 Å². The number of methoxy groups -OCH3 is 1. The van der Waals surface area contributed by atoms with Crippen LogP contribution in [0.4, 0.5) is 5.00 Å². The SMILES string of the molecule is COC(=O)c1c(N(C)C(C)=O)sc2ccccc12. The van der Waals surface area contributed by atoms with Gasteiger partial charge in [-0.3, -0.25) is 4.79 Å². The maximum absolute atomic E-state index is 11.9. The zero-order chi connectivity index (χ0) is 13.3. The standard InChI is InChI=1S/C13H13NO3S/c1-8(15)14(2)12-11(13(16)17-3)9-6-4-5-7-10(9)18-12/h4-7H,1-3H3. The van der Waals surface area contributed by atoms with Gasteiger partial charge in [-0.1, -0.05) is 18.2 Å². The highest BCUT2D eigenvalue weighted by Gasteiger charge is 2.23. The predicted molar refractivity (Wildman–Crippen MR) is 72.2 cm³/mol. The predicted octanol–water partition coefficient (Wildman–Crippen LogP) is 2.67. The smallest absolute Gasteiger partial charge is 0.341 e. The lowest BCUT2D eigenvalue weighted by Gasteiger charge is -2.14. The lowest BCUT2D eigenvalue weighted by Crippen LogP contribution is -2.23. The van der Waals surface area contributed by atoms with Crippen LogP contribution in [0.5, 0.6) is 0 Å². The Labute approximate surface area is 109 Å². The molecule has 1 aromatic carbocycles. The number of anilines is 1. The fourth-order valence-electron chi connectivity index (χ4n) is 1.71. The van der Waals surface area contributed by atoms with Gasteiger partial charge >= 0.3 is 5.97 Å². The topological polar surface area (TPSA) is 46.6 Å². The van der Waals surface area contributed by atoms with Crippen LogP contribution >= 0.6 is 11.3 Å². The normalized spacial score (nSPS) is 10.4. The summed E-state index contributed by atoms with van der Waals surface area (Å²) in [5.41, 5.74) is 0.454. The first kappa shape index (κ1) is 12.6. The molecule has 18 heavy (non-hydrogen) atoms. The molecule has 0 unspecified atom stereocenters. The van der Waals surface area contributed by atoms with Crippen LogP contribution < -0.4 is 4.90 Å². The van der Waals surface area contributed by atoms with E-state index in [4.69, 9.17) is 4.74 Å². The van der Waals surface area contributed by atoms with E-state index in [1.165, 1.54) is 30.3 Å². The number of nitrogens with zero attached hydrogens (tertiary/aromatic N) is 1. The van der Waals surface area contributed by atoms with Crippen molar-refractivity contribution in [3.05, 3.63) is 29.8 Å². The second kappa shape index (κ2) is 4.78. The molecule has 0 aliphatic heterocycles. The molecule has 0 saturated carbocycles. The van der Waals surface area contributed by atoms with E-state index >= 15 is 0 Å². The van der Waals surface area contributed by atoms with Crippen LogP contribution in [0.25, 0.3) is 10.1 Å². The van der Waals surface area contributed by atoms with E-state index in [1.807, 2.05) is 24.3 Å². The molecule has 0 N–H and O–H groups in total. The van der Waals surface area contributed by atoms with Crippen LogP contribution in [-0.2, 0) is 9.53 Å². The van der Waals surface area contributed by atoms with Crippen LogP contribution in [0.1, 0.15) is 17.3 Å². The van der Waals surface area contributed by atoms with E-state index in [0.29, 0.717) is 10.6 Å². The molecule has 0 aliphatic carbocycles. The summed E-state index contributed by atoms with van der Waals surface area (Å²) in [6, 6.07) is 7.54. The van der Waals surface area contributed by atoms with Crippen molar-refractivity contribution < 1.29 is 14.3 Å². The molecule has 0 spiro atoms. The minimum Gasteiger partial charge on any atom is -0.465 e. The largest absolute Gasteiger partial charge is 0.465 e. The van der Waals surface area contributed by atoms with Gasteiger partial charge < -0.3 is 9.64 Å². The zero-order valence-electron chi connectivity index (χ0n) is 10.4. The first-order valence-electron chi connectivity index (χ1n) is 5.40. The molecule has 0 atom stereocenters. The molecule has 5 heteroatoms. The van der Waals surface area contributed by atoms with Gasteiger partial charge in [-0.2, -0.15) is 0 Å². The Balaban J connectivity index is 2.72. The fourth-order valence-corrected chi connectivity index (χ4v) is 2.91. The van der Waals surface area contributed by atoms with E-state index in [2.05, 4.69) is 0 Å². The van der Waals surface area contributed by atoms with Gasteiger partial charge in [0.2, 0.25) is 5.91 Å². The van der Waals surface area contributed by atoms with Crippen LogP contribution in [0, 0.1) is 0 Å². The number of rotatable bonds is 2. The quantitative estimate of drug-likeness (QED) is 0.783. The highest BCUT2D eigenvalue weighted by Crippen LogP contribution is 2.38. The molecule has 1 heterocycles. The molecule has 2 aromatic rings. The lowest BCUT2D eigenvalue weighted by atomic mass is 10.1. The summed E-state index contributed by atoms with van der Waals surface area (Å²) in [4.78, 5) is 24.8. The average Bonchev–Trinajstić information content (AvgIpc) is 2.75. The summed E-state index contributed by atoms with van der Waals surface area (Å²) in [6.45, 7) is 1.46. The van der Waals surface area contributed by atoms with Crippen LogP contribution in [0.2, 0.25) is 0 Å². The molecule has 94 valence electrons. The van der Waals surface area contributed by atoms with Crippen molar-refractivity contribution in [1.82, 2.24) is 0 Å². The molecule has 1 amide bonds. The first-order valence-corrected chi connectivity index (χ1v) is 6.22. The Bertz CT molecular complexity index is 618. The Morgan fingerprint density at radius 3 is 2.56 bits per heavy atom. The molecule has 0 bridgehead atoms. The number of hydrogen-bond acceptors (Lipinski definition) is 4. The van der Waals surface area contributed by atoms with Gasteiger partial charge in [0.1, 0.15) is 10.6 Å². The van der Waals surface area contributed by atoms with Crippen LogP contribution in [-0.4, -0.2) is 26.0 Å². The zero-order valence-corrected chi connectivity index (χ0v) is 11.2. The molecule has 1 aromatic heterocycles. The molecular weight excluding hydrogens is 250 g/mol. The van der Waals surface area contributed by atoms with Crippen molar-refractivity contribution >= 4 is 38.3 Å². The number of carbonyl (C=O) groups excluding carboxylic acids is 2. The summed E-state index contributed by atoms with van der Waals surface area (Å²) in [6.07, 6.45) is 0. The van der Waals surface area contributed by atoms with Gasteiger partial charge in [0.05, 0.1) is 7.11 Å². The van der Waals surface area contributed by atoms with Crippen LogP contribution in [0.15, 0.2) is 24.3 Å². The number of fused-ring (bicyclic) bond motifs is 1. The Morgan fingerprint density at radius 2 is 1.94 bits per heavy atom. The maximum Gasteiger partial charge on any atom is 0.341 e. The van der Waals surface area contributed by atoms with Gasteiger partial charge in [-0.25, -0.2) is 4.79 Å². The van der Waals surface area contributed by atoms with Crippen molar-refractivity contribution in [2.45, 2.75) is 6.92 Å². The number of benzene rings is 1. The third-order valence-corrected chi connectivity index (χ3v) is 3.99. The average molecular weight is 263 g/mol. The van der Waals surface area contributed by atoms with Gasteiger partial charge in [0.25, 0.3) is 0 Å². The van der Waals surface area contributed by atoms with Gasteiger partial charge in [0, 0.05) is 24.1 Å². The number of esters is 1. The first-order chi connectivity index (χ1) is 8.56. The summed E-state index contributed by atoms with van der Waals surface area (Å²) in [5, 5.41) is 1.44. The number of ether oxygens (including phenoxy) is 1. The van der Waals surface area contributed by atoms with Gasteiger partial charge in [-0.15, -0.1) is 11.3 Å². The van der Waals surface area contributed by atoms with E-state index in [-0.39, 0.29) is 5.91 Å². The Hall–Kier alpha value is -1.88. The molecule has 0 aliphatic rings. The third kappa shape index (κ3) is 1.97. The second-order valence-corrected chi connectivity index (χ2v) is 4.88. The van der Waals surface area contributed by atoms with Crippen molar-refractivity contribution in [2.75, 3.05) is 19.1 Å².